The zero-order chi connectivity index (χ0) is 10.5. The Morgan fingerprint density at radius 1 is 1.20 bits per heavy atom. The molecule has 0 aliphatic heterocycles. The Labute approximate surface area is 91.6 Å². The van der Waals surface area contributed by atoms with Crippen LogP contribution in [0.3, 0.4) is 0 Å². The van der Waals surface area contributed by atoms with E-state index >= 15 is 0 Å². The Bertz CT molecular complexity index is 459. The minimum Gasteiger partial charge on any atom is -0.298 e. The van der Waals surface area contributed by atoms with Crippen molar-refractivity contribution in [3.05, 3.63) is 48.4 Å². The summed E-state index contributed by atoms with van der Waals surface area (Å²) in [5, 5.41) is 0.833. The van der Waals surface area contributed by atoms with E-state index in [1.54, 1.807) is 12.3 Å². The summed E-state index contributed by atoms with van der Waals surface area (Å²) in [6.45, 7) is 0. The highest BCUT2D eigenvalue weighted by atomic mass is 32.2. The van der Waals surface area contributed by atoms with Gasteiger partial charge in [-0.25, -0.2) is 9.97 Å². The highest BCUT2D eigenvalue weighted by Gasteiger charge is 2.02. The van der Waals surface area contributed by atoms with E-state index in [0.717, 1.165) is 16.2 Å². The average Bonchev–Trinajstić information content (AvgIpc) is 2.31. The van der Waals surface area contributed by atoms with Gasteiger partial charge in [0.15, 0.2) is 6.29 Å². The number of hydrogen-bond acceptors (Lipinski definition) is 4. The lowest BCUT2D eigenvalue weighted by Crippen LogP contribution is -1.85. The molecule has 0 unspecified atom stereocenters. The van der Waals surface area contributed by atoms with Crippen LogP contribution in [0, 0.1) is 0 Å². The van der Waals surface area contributed by atoms with Crippen molar-refractivity contribution in [3.8, 4) is 0 Å². The summed E-state index contributed by atoms with van der Waals surface area (Å²) in [7, 11) is 0. The lowest BCUT2D eigenvalue weighted by atomic mass is 10.2. The molecule has 0 saturated carbocycles. The molecule has 0 bridgehead atoms. The molecule has 0 aliphatic rings. The van der Waals surface area contributed by atoms with E-state index < -0.39 is 0 Å². The maximum atomic E-state index is 10.8. The molecule has 2 aromatic rings. The maximum Gasteiger partial charge on any atom is 0.151 e. The van der Waals surface area contributed by atoms with Gasteiger partial charge in [-0.15, -0.1) is 0 Å². The van der Waals surface area contributed by atoms with E-state index in [1.165, 1.54) is 18.1 Å². The molecule has 0 aliphatic carbocycles. The van der Waals surface area contributed by atoms with Crippen molar-refractivity contribution in [1.29, 1.82) is 0 Å². The Balaban J connectivity index is 2.28. The van der Waals surface area contributed by atoms with E-state index in [1.807, 2.05) is 24.3 Å². The zero-order valence-corrected chi connectivity index (χ0v) is 8.65. The van der Waals surface area contributed by atoms with Gasteiger partial charge in [-0.1, -0.05) is 30.0 Å². The van der Waals surface area contributed by atoms with Crippen LogP contribution in [0.15, 0.2) is 52.8 Å². The normalized spacial score (nSPS) is 9.87. The van der Waals surface area contributed by atoms with Crippen LogP contribution >= 0.6 is 11.8 Å². The van der Waals surface area contributed by atoms with E-state index in [2.05, 4.69) is 9.97 Å². The predicted octanol–water partition coefficient (Wildman–Crippen LogP) is 2.44. The molecule has 1 heterocycles. The van der Waals surface area contributed by atoms with Crippen molar-refractivity contribution in [3.63, 3.8) is 0 Å². The lowest BCUT2D eigenvalue weighted by molar-refractivity contribution is 0.112. The summed E-state index contributed by atoms with van der Waals surface area (Å²) in [5.41, 5.74) is 0.682. The van der Waals surface area contributed by atoms with Gasteiger partial charge < -0.3 is 0 Å². The first-order valence-corrected chi connectivity index (χ1v) is 5.20. The Morgan fingerprint density at radius 2 is 2.07 bits per heavy atom. The maximum absolute atomic E-state index is 10.8. The van der Waals surface area contributed by atoms with Crippen molar-refractivity contribution in [2.75, 3.05) is 0 Å². The van der Waals surface area contributed by atoms with Crippen LogP contribution in [-0.4, -0.2) is 16.3 Å². The van der Waals surface area contributed by atoms with Crippen molar-refractivity contribution in [2.24, 2.45) is 0 Å². The Kier molecular flexibility index (Phi) is 3.09. The third-order valence-corrected chi connectivity index (χ3v) is 2.86. The monoisotopic (exact) mass is 216 g/mol. The molecule has 0 N–H and O–H groups in total. The summed E-state index contributed by atoms with van der Waals surface area (Å²) in [4.78, 5) is 19.6. The standard InChI is InChI=1S/C11H8N2OS/c14-7-9-3-1-2-4-10(9)15-11-5-6-12-8-13-11/h1-8H. The van der Waals surface area contributed by atoms with Crippen LogP contribution in [0.2, 0.25) is 0 Å². The summed E-state index contributed by atoms with van der Waals surface area (Å²) in [6.07, 6.45) is 4.02. The van der Waals surface area contributed by atoms with Gasteiger partial charge >= 0.3 is 0 Å². The fraction of sp³-hybridized carbons (Fsp3) is 0. The number of aromatic nitrogens is 2. The van der Waals surface area contributed by atoms with Gasteiger partial charge in [0.25, 0.3) is 0 Å². The van der Waals surface area contributed by atoms with Crippen LogP contribution in [0.4, 0.5) is 0 Å². The molecule has 4 heteroatoms. The molecule has 0 saturated heterocycles. The summed E-state index contributed by atoms with van der Waals surface area (Å²) in [6, 6.07) is 9.24. The number of hydrogen-bond donors (Lipinski definition) is 0. The number of rotatable bonds is 3. The van der Waals surface area contributed by atoms with E-state index in [-0.39, 0.29) is 0 Å². The lowest BCUT2D eigenvalue weighted by Gasteiger charge is -2.02. The molecule has 3 nitrogen and oxygen atoms in total. The first-order chi connectivity index (χ1) is 7.40. The SMILES string of the molecule is O=Cc1ccccc1Sc1ccncn1. The van der Waals surface area contributed by atoms with E-state index in [0.29, 0.717) is 5.56 Å². The molecule has 15 heavy (non-hydrogen) atoms. The van der Waals surface area contributed by atoms with Crippen LogP contribution in [0.1, 0.15) is 10.4 Å². The van der Waals surface area contributed by atoms with Gasteiger partial charge in [0.1, 0.15) is 11.4 Å². The van der Waals surface area contributed by atoms with Crippen molar-refractivity contribution in [1.82, 2.24) is 9.97 Å². The van der Waals surface area contributed by atoms with Crippen LogP contribution in [0.25, 0.3) is 0 Å². The second kappa shape index (κ2) is 4.70. The molecule has 0 radical (unpaired) electrons. The molecule has 1 aromatic carbocycles. The molecular weight excluding hydrogens is 208 g/mol. The molecule has 0 atom stereocenters. The molecule has 1 aromatic heterocycles. The van der Waals surface area contributed by atoms with Gasteiger partial charge in [-0.3, -0.25) is 4.79 Å². The quantitative estimate of drug-likeness (QED) is 0.584. The molecule has 0 amide bonds. The Morgan fingerprint density at radius 3 is 2.80 bits per heavy atom. The van der Waals surface area contributed by atoms with Gasteiger partial charge in [-0.05, 0) is 12.1 Å². The second-order valence-corrected chi connectivity index (χ2v) is 3.87. The smallest absolute Gasteiger partial charge is 0.151 e. The highest BCUT2D eigenvalue weighted by Crippen LogP contribution is 2.27. The van der Waals surface area contributed by atoms with Gasteiger partial charge in [-0.2, -0.15) is 0 Å². The van der Waals surface area contributed by atoms with Crippen LogP contribution < -0.4 is 0 Å². The average molecular weight is 216 g/mol. The first kappa shape index (κ1) is 9.86. The molecule has 0 spiro atoms. The fourth-order valence-electron chi connectivity index (χ4n) is 1.12. The zero-order valence-electron chi connectivity index (χ0n) is 7.83. The van der Waals surface area contributed by atoms with Crippen molar-refractivity contribution < 1.29 is 4.79 Å². The summed E-state index contributed by atoms with van der Waals surface area (Å²) < 4.78 is 0. The van der Waals surface area contributed by atoms with Gasteiger partial charge in [0.2, 0.25) is 0 Å². The number of carbonyl (C=O) groups excluding carboxylic acids is 1. The predicted molar refractivity (Wildman–Crippen MR) is 58.0 cm³/mol. The number of benzene rings is 1. The number of carbonyl (C=O) groups is 1. The first-order valence-electron chi connectivity index (χ1n) is 4.38. The summed E-state index contributed by atoms with van der Waals surface area (Å²) >= 11 is 1.46. The summed E-state index contributed by atoms with van der Waals surface area (Å²) in [5.74, 6) is 0. The van der Waals surface area contributed by atoms with Crippen molar-refractivity contribution in [2.45, 2.75) is 9.92 Å². The fourth-order valence-corrected chi connectivity index (χ4v) is 1.96. The number of nitrogens with zero attached hydrogens (tertiary/aromatic N) is 2. The molecule has 0 fully saturated rings. The van der Waals surface area contributed by atoms with E-state index in [4.69, 9.17) is 0 Å². The Hall–Kier alpha value is -1.68. The van der Waals surface area contributed by atoms with Crippen LogP contribution in [0.5, 0.6) is 0 Å². The topological polar surface area (TPSA) is 42.9 Å². The third-order valence-electron chi connectivity index (χ3n) is 1.82. The van der Waals surface area contributed by atoms with Crippen LogP contribution in [-0.2, 0) is 0 Å². The third kappa shape index (κ3) is 2.41. The number of aldehydes is 1. The van der Waals surface area contributed by atoms with E-state index in [9.17, 15) is 4.79 Å². The molecule has 74 valence electrons. The van der Waals surface area contributed by atoms with Gasteiger partial charge in [0.05, 0.1) is 0 Å². The molecular formula is C11H8N2OS. The second-order valence-electron chi connectivity index (χ2n) is 2.81. The minimum absolute atomic E-state index is 0.682. The van der Waals surface area contributed by atoms with Gasteiger partial charge in [0, 0.05) is 16.7 Å². The van der Waals surface area contributed by atoms with Crippen molar-refractivity contribution >= 4 is 18.0 Å². The minimum atomic E-state index is 0.682. The highest BCUT2D eigenvalue weighted by molar-refractivity contribution is 7.99. The largest absolute Gasteiger partial charge is 0.298 e. The molecule has 2 rings (SSSR count).